The van der Waals surface area contributed by atoms with Gasteiger partial charge in [-0.1, -0.05) is 0 Å². The topological polar surface area (TPSA) is 283 Å². The number of carbonyl (C=O) groups excluding carboxylic acids is 2. The molecule has 0 radical (unpaired) electrons. The number of aliphatic hydroxyl groups is 10. The van der Waals surface area contributed by atoms with E-state index in [0.29, 0.717) is 0 Å². The van der Waals surface area contributed by atoms with Crippen molar-refractivity contribution in [3.63, 3.8) is 0 Å². The van der Waals surface area contributed by atoms with E-state index in [1.165, 1.54) is 0 Å². The number of aliphatic hydroxyl groups excluding tert-OH is 9. The summed E-state index contributed by atoms with van der Waals surface area (Å²) in [6.07, 6.45) is -10.9. The van der Waals surface area contributed by atoms with E-state index in [4.69, 9.17) is 51.1 Å². The van der Waals surface area contributed by atoms with Gasteiger partial charge < -0.3 is 65.7 Å². The van der Waals surface area contributed by atoms with Crippen molar-refractivity contribution in [2.24, 2.45) is 0 Å². The molecule has 1 aliphatic heterocycles. The summed E-state index contributed by atoms with van der Waals surface area (Å²) in [5, 5.41) is 95.9. The lowest BCUT2D eigenvalue weighted by Crippen LogP contribution is -2.46. The lowest BCUT2D eigenvalue weighted by atomic mass is 10.0. The van der Waals surface area contributed by atoms with E-state index in [9.17, 15) is 19.5 Å². The molecule has 15 nitrogen and oxygen atoms in total. The van der Waals surface area contributed by atoms with Crippen LogP contribution >= 0.6 is 0 Å². The number of aldehydes is 1. The number of rotatable bonds is 8. The molecule has 11 N–H and O–H groups in total. The Morgan fingerprint density at radius 3 is 1.77 bits per heavy atom. The molecule has 0 bridgehead atoms. The zero-order valence-electron chi connectivity index (χ0n) is 15.8. The first-order chi connectivity index (χ1) is 13.7. The molecule has 0 spiro atoms. The van der Waals surface area contributed by atoms with Gasteiger partial charge in [0.15, 0.2) is 6.29 Å². The summed E-state index contributed by atoms with van der Waals surface area (Å²) in [7, 11) is 0. The average Bonchev–Trinajstić information content (AvgIpc) is 2.96. The number of carbonyl (C=O) groups is 3. The minimum Gasteiger partial charge on any atom is -0.476 e. The maximum Gasteiger partial charge on any atom is 0.371 e. The summed E-state index contributed by atoms with van der Waals surface area (Å²) in [6.45, 7) is -1.12. The van der Waals surface area contributed by atoms with Crippen LogP contribution in [0.1, 0.15) is 6.92 Å². The molecular formula is C15H28O15. The molecule has 0 aliphatic carbocycles. The van der Waals surface area contributed by atoms with Crippen molar-refractivity contribution in [3.05, 3.63) is 0 Å². The molecule has 0 saturated carbocycles. The largest absolute Gasteiger partial charge is 0.476 e. The van der Waals surface area contributed by atoms with Crippen LogP contribution in [0.5, 0.6) is 0 Å². The second-order valence-corrected chi connectivity index (χ2v) is 6.00. The van der Waals surface area contributed by atoms with Gasteiger partial charge in [0.1, 0.15) is 42.7 Å². The van der Waals surface area contributed by atoms with Crippen LogP contribution in [0.2, 0.25) is 0 Å². The molecule has 15 heteroatoms. The predicted molar refractivity (Wildman–Crippen MR) is 91.5 cm³/mol. The Bertz CT molecular complexity index is 516. The third kappa shape index (κ3) is 9.45. The van der Waals surface area contributed by atoms with Gasteiger partial charge in [-0.05, 0) is 0 Å². The molecule has 1 saturated heterocycles. The number of carboxylic acids is 1. The van der Waals surface area contributed by atoms with E-state index in [1.807, 2.05) is 0 Å². The molecule has 8 atom stereocenters. The van der Waals surface area contributed by atoms with Crippen LogP contribution in [-0.2, 0) is 19.1 Å². The Hall–Kier alpha value is -1.63. The summed E-state index contributed by atoms with van der Waals surface area (Å²) in [6, 6.07) is 0. The number of ether oxygens (including phenoxy) is 1. The number of hydrogen-bond donors (Lipinski definition) is 11. The lowest BCUT2D eigenvalue weighted by Gasteiger charge is -2.22. The molecule has 1 rings (SSSR count). The Morgan fingerprint density at radius 2 is 1.53 bits per heavy atom. The number of aliphatic carboxylic acids is 1. The average molecular weight is 448 g/mol. The first-order valence-electron chi connectivity index (χ1n) is 8.24. The lowest BCUT2D eigenvalue weighted by molar-refractivity contribution is -0.248. The van der Waals surface area contributed by atoms with E-state index in [2.05, 4.69) is 4.74 Å². The fraction of sp³-hybridized carbons (Fsp3) is 0.800. The maximum atomic E-state index is 9.90. The summed E-state index contributed by atoms with van der Waals surface area (Å²) < 4.78 is 4.63. The van der Waals surface area contributed by atoms with Crippen LogP contribution in [0.15, 0.2) is 0 Å². The highest BCUT2D eigenvalue weighted by Crippen LogP contribution is 2.28. The molecule has 1 heterocycles. The third-order valence-electron chi connectivity index (χ3n) is 3.65. The smallest absolute Gasteiger partial charge is 0.371 e. The summed E-state index contributed by atoms with van der Waals surface area (Å²) >= 11 is 0. The highest BCUT2D eigenvalue weighted by atomic mass is 16.7. The highest BCUT2D eigenvalue weighted by Gasteiger charge is 2.52. The molecule has 0 aromatic heterocycles. The van der Waals surface area contributed by atoms with Gasteiger partial charge in [-0.2, -0.15) is 0 Å². The molecule has 0 amide bonds. The molecule has 1 fully saturated rings. The van der Waals surface area contributed by atoms with Gasteiger partial charge in [-0.3, -0.25) is 4.79 Å². The minimum atomic E-state index is -2.16. The van der Waals surface area contributed by atoms with Crippen LogP contribution in [0.4, 0.5) is 0 Å². The zero-order chi connectivity index (χ0) is 24.2. The maximum absolute atomic E-state index is 9.90. The Balaban J connectivity index is 0. The van der Waals surface area contributed by atoms with Crippen LogP contribution < -0.4 is 0 Å². The first kappa shape index (κ1) is 30.6. The summed E-state index contributed by atoms with van der Waals surface area (Å²) in [5.74, 6) is -4.36. The highest BCUT2D eigenvalue weighted by molar-refractivity contribution is 6.31. The van der Waals surface area contributed by atoms with E-state index < -0.39 is 80.1 Å². The van der Waals surface area contributed by atoms with Crippen LogP contribution in [0.25, 0.3) is 0 Å². The predicted octanol–water partition coefficient (Wildman–Crippen LogP) is -6.94. The third-order valence-corrected chi connectivity index (χ3v) is 3.65. The van der Waals surface area contributed by atoms with Gasteiger partial charge in [0, 0.05) is 6.92 Å². The number of hydrogen-bond acceptors (Lipinski definition) is 14. The number of ketones is 1. The van der Waals surface area contributed by atoms with E-state index in [0.717, 1.165) is 6.92 Å². The SMILES string of the molecule is CC(=O)C(=O)O.O=C[C@H](O)[C@@H](O)[C@@H](O)[C@H](O)CO.OC[C@H]1O[C@](O)(CO)[C@@H](O)[C@@H]1O. The number of carboxylic acid groups (broad SMARTS) is 1. The van der Waals surface area contributed by atoms with Crippen molar-refractivity contribution >= 4 is 18.0 Å². The monoisotopic (exact) mass is 448 g/mol. The van der Waals surface area contributed by atoms with Gasteiger partial charge in [-0.25, -0.2) is 4.79 Å². The zero-order valence-corrected chi connectivity index (χ0v) is 15.8. The Morgan fingerprint density at radius 1 is 1.07 bits per heavy atom. The minimum absolute atomic E-state index is 0.0258. The second kappa shape index (κ2) is 14.4. The van der Waals surface area contributed by atoms with E-state index >= 15 is 0 Å². The van der Waals surface area contributed by atoms with Gasteiger partial charge in [-0.15, -0.1) is 0 Å². The van der Waals surface area contributed by atoms with Crippen LogP contribution in [-0.4, -0.2) is 143 Å². The molecule has 0 aromatic rings. The van der Waals surface area contributed by atoms with E-state index in [1.54, 1.807) is 0 Å². The quantitative estimate of drug-likeness (QED) is 0.121. The van der Waals surface area contributed by atoms with Gasteiger partial charge >= 0.3 is 5.97 Å². The molecular weight excluding hydrogens is 420 g/mol. The fourth-order valence-electron chi connectivity index (χ4n) is 1.77. The van der Waals surface area contributed by atoms with Crippen LogP contribution in [0.3, 0.4) is 0 Å². The molecule has 30 heavy (non-hydrogen) atoms. The second-order valence-electron chi connectivity index (χ2n) is 6.00. The van der Waals surface area contributed by atoms with Crippen molar-refractivity contribution in [2.75, 3.05) is 19.8 Å². The number of Topliss-reactive ketones (excluding diaryl/α,β-unsaturated/α-hetero) is 1. The Kier molecular flexibility index (Phi) is 14.7. The molecule has 1 aliphatic rings. The van der Waals surface area contributed by atoms with Crippen molar-refractivity contribution in [1.29, 1.82) is 0 Å². The first-order valence-corrected chi connectivity index (χ1v) is 8.24. The standard InChI is InChI=1S/2C6H12O6.C3H4O3/c7-1-3-4(9)5(10)6(11,2-8)12-3;7-1-3(9)5(11)6(12)4(10)2-8;1-2(4)3(5)6/h3-5,7-11H,1-2H2;1,3-6,8-12H,2H2;1H3,(H,5,6)/t3-,4-,5+,6-;3-,4+,5+,6-;/m10./s1. The van der Waals surface area contributed by atoms with Crippen molar-refractivity contribution in [2.45, 2.75) is 55.4 Å². The van der Waals surface area contributed by atoms with Gasteiger partial charge in [0.05, 0.1) is 19.8 Å². The van der Waals surface area contributed by atoms with Crippen molar-refractivity contribution < 1.29 is 75.3 Å². The van der Waals surface area contributed by atoms with Crippen LogP contribution in [0, 0.1) is 0 Å². The molecule has 0 unspecified atom stereocenters. The van der Waals surface area contributed by atoms with Gasteiger partial charge in [0.25, 0.3) is 0 Å². The summed E-state index contributed by atoms with van der Waals surface area (Å²) in [4.78, 5) is 28.8. The molecule has 0 aromatic carbocycles. The van der Waals surface area contributed by atoms with Gasteiger partial charge in [0.2, 0.25) is 11.6 Å². The van der Waals surface area contributed by atoms with E-state index in [-0.39, 0.29) is 6.29 Å². The normalized spacial score (nSPS) is 29.2. The fourth-order valence-corrected chi connectivity index (χ4v) is 1.77. The van der Waals surface area contributed by atoms with Crippen molar-refractivity contribution in [3.8, 4) is 0 Å². The Labute approximate surface area is 169 Å². The van der Waals surface area contributed by atoms with Crippen molar-refractivity contribution in [1.82, 2.24) is 0 Å². The summed E-state index contributed by atoms with van der Waals surface area (Å²) in [5.41, 5.74) is 0. The molecule has 178 valence electrons.